The van der Waals surface area contributed by atoms with Crippen LogP contribution in [0, 0.1) is 5.92 Å². The first-order valence-electron chi connectivity index (χ1n) is 17.9. The summed E-state index contributed by atoms with van der Waals surface area (Å²) in [6, 6.07) is 39.0. The molecule has 2 unspecified atom stereocenters. The van der Waals surface area contributed by atoms with Crippen molar-refractivity contribution in [3.8, 4) is 0 Å². The third kappa shape index (κ3) is 3.22. The van der Waals surface area contributed by atoms with Gasteiger partial charge in [0.15, 0.2) is 0 Å². The van der Waals surface area contributed by atoms with Crippen LogP contribution in [0.25, 0.3) is 36.5 Å². The Hall–Kier alpha value is -5.18. The van der Waals surface area contributed by atoms with Crippen LogP contribution in [-0.2, 0) is 5.41 Å². The van der Waals surface area contributed by atoms with Crippen LogP contribution in [0.15, 0.2) is 167 Å². The summed E-state index contributed by atoms with van der Waals surface area (Å²) < 4.78 is 2.67. The molecule has 12 rings (SSSR count). The molecule has 0 fully saturated rings. The number of anilines is 3. The summed E-state index contributed by atoms with van der Waals surface area (Å²) in [7, 11) is 0. The van der Waals surface area contributed by atoms with Gasteiger partial charge in [-0.3, -0.25) is 0 Å². The van der Waals surface area contributed by atoms with E-state index in [0.717, 1.165) is 25.7 Å². The largest absolute Gasteiger partial charge is 0.309 e. The lowest BCUT2D eigenvalue weighted by Crippen LogP contribution is -2.28. The van der Waals surface area contributed by atoms with E-state index in [1.807, 2.05) is 11.3 Å². The predicted molar refractivity (Wildman–Crippen MR) is 207 cm³/mol. The van der Waals surface area contributed by atoms with Gasteiger partial charge in [-0.25, -0.2) is 0 Å². The molecular formula is C47H33NS. The van der Waals surface area contributed by atoms with E-state index < -0.39 is 0 Å². The van der Waals surface area contributed by atoms with Gasteiger partial charge in [-0.05, 0) is 118 Å². The molecule has 0 radical (unpaired) electrons. The van der Waals surface area contributed by atoms with Crippen molar-refractivity contribution >= 4 is 64.9 Å². The lowest BCUT2D eigenvalue weighted by Gasteiger charge is -2.34. The Labute approximate surface area is 290 Å². The minimum atomic E-state index is -0.122. The number of hydrogen-bond donors (Lipinski definition) is 0. The van der Waals surface area contributed by atoms with Gasteiger partial charge in [0.25, 0.3) is 0 Å². The molecule has 1 spiro atoms. The number of rotatable bonds is 3. The molecule has 6 aromatic rings. The molecule has 2 atom stereocenters. The monoisotopic (exact) mass is 643 g/mol. The Kier molecular flexibility index (Phi) is 5.18. The zero-order chi connectivity index (χ0) is 31.8. The minimum absolute atomic E-state index is 0.122. The van der Waals surface area contributed by atoms with E-state index in [2.05, 4.69) is 138 Å². The van der Waals surface area contributed by atoms with E-state index in [1.54, 1.807) is 22.3 Å². The van der Waals surface area contributed by atoms with Gasteiger partial charge in [0, 0.05) is 37.2 Å². The average Bonchev–Trinajstić information content (AvgIpc) is 3.87. The number of thiophene rings is 1. The van der Waals surface area contributed by atoms with Crippen LogP contribution in [0.2, 0.25) is 0 Å². The molecule has 0 bridgehead atoms. The fourth-order valence-corrected chi connectivity index (χ4v) is 11.8. The number of benzene rings is 5. The van der Waals surface area contributed by atoms with Gasteiger partial charge in [-0.1, -0.05) is 103 Å². The first kappa shape index (κ1) is 26.7. The quantitative estimate of drug-likeness (QED) is 0.185. The fourth-order valence-electron chi connectivity index (χ4n) is 10.7. The lowest BCUT2D eigenvalue weighted by atomic mass is 9.68. The highest BCUT2D eigenvalue weighted by Gasteiger charge is 2.62. The highest BCUT2D eigenvalue weighted by atomic mass is 32.1. The van der Waals surface area contributed by atoms with Crippen LogP contribution in [0.3, 0.4) is 0 Å². The van der Waals surface area contributed by atoms with Crippen LogP contribution in [0.1, 0.15) is 43.2 Å². The summed E-state index contributed by atoms with van der Waals surface area (Å²) in [4.78, 5) is 2.58. The second-order valence-electron chi connectivity index (χ2n) is 14.5. The SMILES string of the molecule is C1=CC2=C(CC1)C13C4=C(CCC=C4c4ccc(N(c5cccc6ccccc56)c5cccc6sc7ccccc7c56)cc41)C1CC=CC2=C13. The van der Waals surface area contributed by atoms with Crippen LogP contribution < -0.4 is 4.90 Å². The molecule has 49 heavy (non-hydrogen) atoms. The minimum Gasteiger partial charge on any atom is -0.309 e. The molecule has 0 N–H and O–H groups in total. The van der Waals surface area contributed by atoms with Crippen LogP contribution >= 0.6 is 11.3 Å². The van der Waals surface area contributed by atoms with Crippen LogP contribution in [-0.4, -0.2) is 0 Å². The molecule has 6 aliphatic rings. The number of hydrogen-bond acceptors (Lipinski definition) is 2. The molecule has 0 saturated heterocycles. The van der Waals surface area contributed by atoms with Crippen molar-refractivity contribution in [1.82, 2.24) is 0 Å². The maximum atomic E-state index is 2.62. The smallest absolute Gasteiger partial charge is 0.0657 e. The van der Waals surface area contributed by atoms with E-state index in [0.29, 0.717) is 5.92 Å². The van der Waals surface area contributed by atoms with Crippen LogP contribution in [0.4, 0.5) is 17.1 Å². The first-order valence-corrected chi connectivity index (χ1v) is 18.7. The topological polar surface area (TPSA) is 3.24 Å². The molecule has 0 amide bonds. The average molecular weight is 644 g/mol. The van der Waals surface area contributed by atoms with Gasteiger partial charge in [-0.2, -0.15) is 0 Å². The molecule has 1 aromatic heterocycles. The zero-order valence-corrected chi connectivity index (χ0v) is 28.0. The third-order valence-electron chi connectivity index (χ3n) is 12.3. The molecular weight excluding hydrogens is 611 g/mol. The summed E-state index contributed by atoms with van der Waals surface area (Å²) in [5.74, 6) is 0.537. The summed E-state index contributed by atoms with van der Waals surface area (Å²) in [6.45, 7) is 0. The fraction of sp³-hybridized carbons (Fsp3) is 0.149. The van der Waals surface area contributed by atoms with E-state index >= 15 is 0 Å². The summed E-state index contributed by atoms with van der Waals surface area (Å²) in [5.41, 5.74) is 17.9. The third-order valence-corrected chi connectivity index (χ3v) is 13.5. The number of fused-ring (bicyclic) bond motifs is 8. The summed E-state index contributed by atoms with van der Waals surface area (Å²) in [6.07, 6.45) is 18.1. The van der Waals surface area contributed by atoms with Gasteiger partial charge >= 0.3 is 0 Å². The second-order valence-corrected chi connectivity index (χ2v) is 15.6. The van der Waals surface area contributed by atoms with Crippen molar-refractivity contribution in [3.05, 3.63) is 178 Å². The molecule has 2 heteroatoms. The standard InChI is InChI=1S/C47H33NS/c1-2-13-30-28(11-1)12-7-21-40(30)48(41-22-10-24-43-44(41)37-15-4-6-23-42(37)49-43)29-25-26-32-34-17-9-19-36-35-18-8-16-33-31-14-3-5-20-38(31)47(45(33)35,46(34)36)39(32)27-29/h1-4,6-8,10-17,21-27,35H,5,9,18-20H2. The highest BCUT2D eigenvalue weighted by Crippen LogP contribution is 2.73. The Balaban J connectivity index is 1.19. The first-order chi connectivity index (χ1) is 24.3. The van der Waals surface area contributed by atoms with E-state index in [1.165, 1.54) is 82.3 Å². The van der Waals surface area contributed by atoms with Crippen LogP contribution in [0.5, 0.6) is 0 Å². The molecule has 1 nitrogen and oxygen atoms in total. The Bertz CT molecular complexity index is 2700. The Morgan fingerprint density at radius 1 is 0.694 bits per heavy atom. The summed E-state index contributed by atoms with van der Waals surface area (Å²) in [5, 5.41) is 5.20. The molecule has 5 aromatic carbocycles. The van der Waals surface area contributed by atoms with Crippen molar-refractivity contribution in [2.45, 2.75) is 37.5 Å². The van der Waals surface area contributed by atoms with Crippen molar-refractivity contribution in [3.63, 3.8) is 0 Å². The number of allylic oxidation sites excluding steroid dienone is 12. The van der Waals surface area contributed by atoms with E-state index in [4.69, 9.17) is 0 Å². The molecule has 1 heterocycles. The highest BCUT2D eigenvalue weighted by molar-refractivity contribution is 7.26. The lowest BCUT2D eigenvalue weighted by molar-refractivity contribution is 0.630. The van der Waals surface area contributed by atoms with Gasteiger partial charge in [0.2, 0.25) is 0 Å². The van der Waals surface area contributed by atoms with Gasteiger partial charge in [0.1, 0.15) is 0 Å². The molecule has 6 aliphatic carbocycles. The Morgan fingerprint density at radius 3 is 2.49 bits per heavy atom. The van der Waals surface area contributed by atoms with Crippen molar-refractivity contribution in [2.24, 2.45) is 5.92 Å². The normalized spacial score (nSPS) is 22.7. The maximum absolute atomic E-state index is 2.62. The maximum Gasteiger partial charge on any atom is 0.0657 e. The van der Waals surface area contributed by atoms with Gasteiger partial charge in [-0.15, -0.1) is 11.3 Å². The zero-order valence-electron chi connectivity index (χ0n) is 27.2. The summed E-state index contributed by atoms with van der Waals surface area (Å²) >= 11 is 1.90. The molecule has 0 aliphatic heterocycles. The second kappa shape index (κ2) is 9.49. The molecule has 0 saturated carbocycles. The predicted octanol–water partition coefficient (Wildman–Crippen LogP) is 12.9. The van der Waals surface area contributed by atoms with Gasteiger partial charge < -0.3 is 4.90 Å². The van der Waals surface area contributed by atoms with E-state index in [-0.39, 0.29) is 5.41 Å². The van der Waals surface area contributed by atoms with Crippen molar-refractivity contribution < 1.29 is 0 Å². The molecule has 232 valence electrons. The van der Waals surface area contributed by atoms with Crippen molar-refractivity contribution in [1.29, 1.82) is 0 Å². The van der Waals surface area contributed by atoms with E-state index in [9.17, 15) is 0 Å². The Morgan fingerprint density at radius 2 is 1.51 bits per heavy atom. The van der Waals surface area contributed by atoms with Gasteiger partial charge in [0.05, 0.1) is 16.8 Å². The van der Waals surface area contributed by atoms with Crippen molar-refractivity contribution in [2.75, 3.05) is 4.90 Å². The number of nitrogens with zero attached hydrogens (tertiary/aromatic N) is 1.